The molecule has 14 nitrogen and oxygen atoms in total. The van der Waals surface area contributed by atoms with E-state index in [0.717, 1.165) is 0 Å². The highest BCUT2D eigenvalue weighted by molar-refractivity contribution is 5.74. The van der Waals surface area contributed by atoms with Crippen LogP contribution >= 0.6 is 0 Å². The molecule has 0 amide bonds. The summed E-state index contributed by atoms with van der Waals surface area (Å²) in [7, 11) is 0. The van der Waals surface area contributed by atoms with Crippen molar-refractivity contribution < 1.29 is 39.5 Å². The van der Waals surface area contributed by atoms with Crippen LogP contribution in [0.2, 0.25) is 0 Å². The van der Waals surface area contributed by atoms with Gasteiger partial charge in [-0.05, 0) is 0 Å². The van der Waals surface area contributed by atoms with E-state index in [1.807, 2.05) is 0 Å². The molecule has 1 aromatic rings. The molecule has 0 heterocycles. The minimum Gasteiger partial charge on any atom is -0.502 e. The van der Waals surface area contributed by atoms with Crippen molar-refractivity contribution in [2.24, 2.45) is 0 Å². The molecule has 0 aliphatic carbocycles. The Morgan fingerprint density at radius 2 is 1.68 bits per heavy atom. The monoisotopic (exact) mass is 319 g/mol. The Balaban J connectivity index is 3.63. The van der Waals surface area contributed by atoms with Crippen molar-refractivity contribution in [3.05, 3.63) is 36.4 Å². The number of carboxylic acid groups (broad SMARTS) is 1. The number of nitro groups is 2. The fourth-order valence-corrected chi connectivity index (χ4v) is 1.36. The lowest BCUT2D eigenvalue weighted by Crippen LogP contribution is -2.13. The Morgan fingerprint density at radius 3 is 2.09 bits per heavy atom. The summed E-state index contributed by atoms with van der Waals surface area (Å²) in [6.07, 6.45) is 0. The molecule has 14 heteroatoms. The normalized spacial score (nSPS) is 9.82. The summed E-state index contributed by atoms with van der Waals surface area (Å²) in [6, 6.07) is 0.381. The maximum atomic E-state index is 10.9. The highest BCUT2D eigenvalue weighted by Gasteiger charge is 2.37. The Morgan fingerprint density at radius 1 is 1.14 bits per heavy atom. The number of carbonyl (C=O) groups is 1. The molecule has 0 aromatic heterocycles. The largest absolute Gasteiger partial charge is 0.502 e. The van der Waals surface area contributed by atoms with Gasteiger partial charge in [0, 0.05) is 6.07 Å². The SMILES string of the molecule is O=C(O)COc1cc(O)c([N+](=O)[O-])c(O[N+](=O)[O-])c1[N+](=O)[O-]. The number of nitrogens with zero attached hydrogens (tertiary/aromatic N) is 3. The van der Waals surface area contributed by atoms with E-state index in [0.29, 0.717) is 6.07 Å². The third-order valence-electron chi connectivity index (χ3n) is 2.06. The maximum absolute atomic E-state index is 10.9. The van der Waals surface area contributed by atoms with Crippen molar-refractivity contribution in [1.29, 1.82) is 0 Å². The van der Waals surface area contributed by atoms with Gasteiger partial charge in [-0.2, -0.15) is 0 Å². The Labute approximate surface area is 118 Å². The van der Waals surface area contributed by atoms with Crippen molar-refractivity contribution >= 4 is 17.3 Å². The zero-order chi connectivity index (χ0) is 17.0. The molecule has 0 unspecified atom stereocenters. The molecule has 1 rings (SSSR count). The van der Waals surface area contributed by atoms with Crippen LogP contribution in [-0.2, 0) is 4.79 Å². The van der Waals surface area contributed by atoms with Crippen LogP contribution in [0.5, 0.6) is 17.2 Å². The van der Waals surface area contributed by atoms with E-state index in [4.69, 9.17) is 5.11 Å². The van der Waals surface area contributed by atoms with Gasteiger partial charge in [-0.3, -0.25) is 25.1 Å². The number of carboxylic acids is 1. The minimum atomic E-state index is -1.57. The number of hydrogen-bond donors (Lipinski definition) is 2. The number of phenolic OH excluding ortho intramolecular Hbond substituents is 1. The van der Waals surface area contributed by atoms with Gasteiger partial charge in [-0.25, -0.2) is 4.79 Å². The van der Waals surface area contributed by atoms with Crippen LogP contribution in [0.15, 0.2) is 6.07 Å². The zero-order valence-corrected chi connectivity index (χ0v) is 10.2. The lowest BCUT2D eigenvalue weighted by Gasteiger charge is -2.08. The number of aromatic hydroxyl groups is 1. The molecule has 0 aliphatic rings. The molecule has 0 spiro atoms. The third kappa shape index (κ3) is 3.44. The second-order valence-electron chi connectivity index (χ2n) is 3.43. The van der Waals surface area contributed by atoms with Gasteiger partial charge in [0.2, 0.25) is 11.5 Å². The van der Waals surface area contributed by atoms with Crippen LogP contribution < -0.4 is 9.57 Å². The van der Waals surface area contributed by atoms with Crippen molar-refractivity contribution in [3.63, 3.8) is 0 Å². The lowest BCUT2D eigenvalue weighted by atomic mass is 10.2. The van der Waals surface area contributed by atoms with Crippen LogP contribution in [0.4, 0.5) is 11.4 Å². The van der Waals surface area contributed by atoms with Crippen LogP contribution in [0, 0.1) is 30.3 Å². The lowest BCUT2D eigenvalue weighted by molar-refractivity contribution is -0.712. The van der Waals surface area contributed by atoms with Gasteiger partial charge >= 0.3 is 17.3 Å². The van der Waals surface area contributed by atoms with Crippen LogP contribution in [0.25, 0.3) is 0 Å². The molecule has 0 aliphatic heterocycles. The highest BCUT2D eigenvalue weighted by atomic mass is 17.0. The quantitative estimate of drug-likeness (QED) is 0.513. The standard InChI is InChI=1S/C8H5N3O11/c12-3-1-4(21-2-5(13)14)7(10(17)18)8(22-11(19)20)6(3)9(15)16/h1,12H,2H2,(H,13,14). The molecule has 0 bridgehead atoms. The fraction of sp³-hybridized carbons (Fsp3) is 0.125. The molecule has 0 atom stereocenters. The summed E-state index contributed by atoms with van der Waals surface area (Å²) in [5, 5.41) is 48.3. The van der Waals surface area contributed by atoms with Gasteiger partial charge in [0.25, 0.3) is 10.8 Å². The molecule has 0 radical (unpaired) electrons. The molecule has 22 heavy (non-hydrogen) atoms. The van der Waals surface area contributed by atoms with Gasteiger partial charge in [0.05, 0.1) is 9.85 Å². The predicted octanol–water partition coefficient (Wildman–Crippen LogP) is 0.242. The summed E-state index contributed by atoms with van der Waals surface area (Å²) in [5.74, 6) is -5.25. The minimum absolute atomic E-state index is 0.381. The van der Waals surface area contributed by atoms with Gasteiger partial charge in [-0.15, -0.1) is 10.1 Å². The zero-order valence-electron chi connectivity index (χ0n) is 10.2. The van der Waals surface area contributed by atoms with Crippen molar-refractivity contribution in [2.75, 3.05) is 6.61 Å². The Hall–Kier alpha value is -3.71. The number of phenols is 1. The van der Waals surface area contributed by atoms with Gasteiger partial charge in [0.1, 0.15) is 0 Å². The summed E-state index contributed by atoms with van der Waals surface area (Å²) < 4.78 is 4.47. The maximum Gasteiger partial charge on any atom is 0.348 e. The summed E-state index contributed by atoms with van der Waals surface area (Å²) >= 11 is 0. The van der Waals surface area contributed by atoms with E-state index in [1.165, 1.54) is 0 Å². The third-order valence-corrected chi connectivity index (χ3v) is 2.06. The van der Waals surface area contributed by atoms with Crippen LogP contribution in [-0.4, -0.2) is 37.7 Å². The van der Waals surface area contributed by atoms with E-state index >= 15 is 0 Å². The average Bonchev–Trinajstić information content (AvgIpc) is 2.33. The summed E-state index contributed by atoms with van der Waals surface area (Å²) in [4.78, 5) is 43.5. The Kier molecular flexibility index (Phi) is 4.58. The van der Waals surface area contributed by atoms with Gasteiger partial charge < -0.3 is 14.9 Å². The fourth-order valence-electron chi connectivity index (χ4n) is 1.36. The molecule has 0 fully saturated rings. The van der Waals surface area contributed by atoms with Crippen molar-refractivity contribution in [3.8, 4) is 17.2 Å². The highest BCUT2D eigenvalue weighted by Crippen LogP contribution is 2.49. The number of nitro benzene ring substituents is 2. The molecule has 0 saturated heterocycles. The smallest absolute Gasteiger partial charge is 0.348 e. The van der Waals surface area contributed by atoms with E-state index < -0.39 is 56.1 Å². The second-order valence-corrected chi connectivity index (χ2v) is 3.43. The van der Waals surface area contributed by atoms with Crippen molar-refractivity contribution in [2.45, 2.75) is 0 Å². The molecular weight excluding hydrogens is 314 g/mol. The second kappa shape index (κ2) is 6.16. The van der Waals surface area contributed by atoms with E-state index in [2.05, 4.69) is 9.57 Å². The number of ether oxygens (including phenoxy) is 1. The van der Waals surface area contributed by atoms with E-state index in [9.17, 15) is 40.2 Å². The first kappa shape index (κ1) is 16.3. The molecular formula is C8H5N3O11. The molecule has 2 N–H and O–H groups in total. The predicted molar refractivity (Wildman–Crippen MR) is 62.2 cm³/mol. The first-order valence-corrected chi connectivity index (χ1v) is 5.00. The number of benzene rings is 1. The first-order valence-electron chi connectivity index (χ1n) is 5.00. The number of hydrogen-bond acceptors (Lipinski definition) is 10. The first-order chi connectivity index (χ1) is 10.1. The van der Waals surface area contributed by atoms with E-state index in [1.54, 1.807) is 0 Å². The molecule has 118 valence electrons. The molecule has 0 saturated carbocycles. The number of rotatable bonds is 7. The van der Waals surface area contributed by atoms with E-state index in [-0.39, 0.29) is 0 Å². The van der Waals surface area contributed by atoms with Crippen LogP contribution in [0.3, 0.4) is 0 Å². The van der Waals surface area contributed by atoms with Gasteiger partial charge in [0.15, 0.2) is 6.61 Å². The van der Waals surface area contributed by atoms with Gasteiger partial charge in [-0.1, -0.05) is 0 Å². The molecule has 1 aromatic carbocycles. The van der Waals surface area contributed by atoms with Crippen LogP contribution in [0.1, 0.15) is 0 Å². The van der Waals surface area contributed by atoms with Crippen molar-refractivity contribution in [1.82, 2.24) is 0 Å². The topological polar surface area (TPSA) is 205 Å². The summed E-state index contributed by atoms with van der Waals surface area (Å²) in [6.45, 7) is -1.10. The number of aliphatic carboxylic acids is 1. The summed E-state index contributed by atoms with van der Waals surface area (Å²) in [5.41, 5.74) is -2.81. The average molecular weight is 319 g/mol. The Bertz CT molecular complexity index is 670.